The lowest BCUT2D eigenvalue weighted by atomic mass is 9.91. The fourth-order valence-corrected chi connectivity index (χ4v) is 2.07. The van der Waals surface area contributed by atoms with Gasteiger partial charge in [-0.05, 0) is 6.42 Å². The molecule has 1 fully saturated rings. The van der Waals surface area contributed by atoms with Gasteiger partial charge in [0, 0.05) is 6.07 Å². The number of rotatable bonds is 3. The maximum absolute atomic E-state index is 10.5. The Morgan fingerprint density at radius 2 is 2.35 bits per heavy atom. The molecule has 2 rings (SSSR count). The van der Waals surface area contributed by atoms with Gasteiger partial charge in [0.1, 0.15) is 12.0 Å². The summed E-state index contributed by atoms with van der Waals surface area (Å²) in [5.41, 5.74) is -0.822. The van der Waals surface area contributed by atoms with Crippen LogP contribution in [0.3, 0.4) is 0 Å². The molecule has 1 aliphatic heterocycles. The van der Waals surface area contributed by atoms with Crippen LogP contribution in [-0.4, -0.2) is 33.7 Å². The van der Waals surface area contributed by atoms with Gasteiger partial charge in [0.05, 0.1) is 28.6 Å². The van der Waals surface area contributed by atoms with E-state index < -0.39 is 10.5 Å². The average Bonchev–Trinajstić information content (AvgIpc) is 2.25. The SMILES string of the molecule is CCC1(O)CN(c2ncc([N+](=O)[O-])cc2Cl)C1. The number of halogens is 1. The maximum atomic E-state index is 10.5. The minimum absolute atomic E-state index is 0.134. The van der Waals surface area contributed by atoms with Crippen molar-refractivity contribution in [2.45, 2.75) is 18.9 Å². The van der Waals surface area contributed by atoms with Crippen molar-refractivity contribution < 1.29 is 10.0 Å². The van der Waals surface area contributed by atoms with E-state index >= 15 is 0 Å². The molecule has 1 N–H and O–H groups in total. The number of pyridine rings is 1. The summed E-state index contributed by atoms with van der Waals surface area (Å²) in [4.78, 5) is 15.7. The van der Waals surface area contributed by atoms with Crippen molar-refractivity contribution >= 4 is 23.1 Å². The molecular formula is C10H12ClN3O3. The second kappa shape index (κ2) is 4.12. The van der Waals surface area contributed by atoms with E-state index in [0.717, 1.165) is 0 Å². The average molecular weight is 258 g/mol. The van der Waals surface area contributed by atoms with Crippen molar-refractivity contribution in [1.29, 1.82) is 0 Å². The highest BCUT2D eigenvalue weighted by Gasteiger charge is 2.40. The normalized spacial score (nSPS) is 17.7. The molecular weight excluding hydrogens is 246 g/mol. The largest absolute Gasteiger partial charge is 0.386 e. The fourth-order valence-electron chi connectivity index (χ4n) is 1.79. The number of aliphatic hydroxyl groups is 1. The monoisotopic (exact) mass is 257 g/mol. The van der Waals surface area contributed by atoms with Crippen LogP contribution in [0.5, 0.6) is 0 Å². The lowest BCUT2D eigenvalue weighted by Gasteiger charge is -2.46. The predicted molar refractivity (Wildman–Crippen MR) is 63.4 cm³/mol. The molecule has 0 spiro atoms. The van der Waals surface area contributed by atoms with Gasteiger partial charge in [-0.25, -0.2) is 4.98 Å². The molecule has 92 valence electrons. The van der Waals surface area contributed by atoms with E-state index in [1.165, 1.54) is 12.3 Å². The van der Waals surface area contributed by atoms with Crippen LogP contribution in [0.4, 0.5) is 11.5 Å². The summed E-state index contributed by atoms with van der Waals surface area (Å²) in [6.45, 7) is 2.81. The Labute approximate surface area is 103 Å². The van der Waals surface area contributed by atoms with Gasteiger partial charge in [-0.1, -0.05) is 18.5 Å². The first-order valence-electron chi connectivity index (χ1n) is 5.22. The van der Waals surface area contributed by atoms with Gasteiger partial charge in [0.15, 0.2) is 0 Å². The first-order valence-corrected chi connectivity index (χ1v) is 5.60. The number of hydrogen-bond acceptors (Lipinski definition) is 5. The lowest BCUT2D eigenvalue weighted by molar-refractivity contribution is -0.385. The van der Waals surface area contributed by atoms with Gasteiger partial charge < -0.3 is 10.0 Å². The molecule has 2 heterocycles. The third-order valence-electron chi connectivity index (χ3n) is 2.95. The molecule has 6 nitrogen and oxygen atoms in total. The van der Waals surface area contributed by atoms with Crippen molar-refractivity contribution in [2.75, 3.05) is 18.0 Å². The third-order valence-corrected chi connectivity index (χ3v) is 3.22. The summed E-state index contributed by atoms with van der Waals surface area (Å²) in [7, 11) is 0. The topological polar surface area (TPSA) is 79.5 Å². The van der Waals surface area contributed by atoms with E-state index in [1.54, 1.807) is 4.90 Å². The maximum Gasteiger partial charge on any atom is 0.289 e. The van der Waals surface area contributed by atoms with Crippen molar-refractivity contribution in [1.82, 2.24) is 4.98 Å². The first kappa shape index (κ1) is 12.1. The summed E-state index contributed by atoms with van der Waals surface area (Å²) in [6.07, 6.45) is 1.83. The highest BCUT2D eigenvalue weighted by Crippen LogP contribution is 2.34. The van der Waals surface area contributed by atoms with Gasteiger partial charge >= 0.3 is 0 Å². The molecule has 1 saturated heterocycles. The van der Waals surface area contributed by atoms with E-state index in [9.17, 15) is 15.2 Å². The Morgan fingerprint density at radius 1 is 1.71 bits per heavy atom. The Morgan fingerprint density at radius 3 is 2.82 bits per heavy atom. The quantitative estimate of drug-likeness (QED) is 0.657. The van der Waals surface area contributed by atoms with Crippen molar-refractivity contribution in [2.24, 2.45) is 0 Å². The van der Waals surface area contributed by atoms with Crippen LogP contribution in [0.15, 0.2) is 12.3 Å². The van der Waals surface area contributed by atoms with Gasteiger partial charge in [-0.15, -0.1) is 0 Å². The van der Waals surface area contributed by atoms with E-state index in [-0.39, 0.29) is 10.7 Å². The van der Waals surface area contributed by atoms with E-state index in [2.05, 4.69) is 4.98 Å². The second-order valence-corrected chi connectivity index (χ2v) is 4.60. The van der Waals surface area contributed by atoms with Crippen LogP contribution in [0.25, 0.3) is 0 Å². The molecule has 0 radical (unpaired) electrons. The molecule has 0 aliphatic carbocycles. The number of β-amino-alcohol motifs (C(OH)–C–C–N with tert-alkyl or cyclic N) is 1. The van der Waals surface area contributed by atoms with E-state index in [1.807, 2.05) is 6.92 Å². The van der Waals surface area contributed by atoms with Gasteiger partial charge in [0.2, 0.25) is 0 Å². The van der Waals surface area contributed by atoms with Gasteiger partial charge in [-0.2, -0.15) is 0 Å². The molecule has 1 aromatic rings. The fraction of sp³-hybridized carbons (Fsp3) is 0.500. The molecule has 0 amide bonds. The van der Waals surface area contributed by atoms with Gasteiger partial charge in [-0.3, -0.25) is 10.1 Å². The Hall–Kier alpha value is -1.40. The molecule has 7 heteroatoms. The minimum atomic E-state index is -0.688. The van der Waals surface area contributed by atoms with Crippen molar-refractivity contribution in [3.8, 4) is 0 Å². The summed E-state index contributed by atoms with van der Waals surface area (Å²) in [5.74, 6) is 0.482. The standard InChI is InChI=1S/C10H12ClN3O3/c1-2-10(15)5-13(6-10)9-8(11)3-7(4-12-9)14(16)17/h3-4,15H,2,5-6H2,1H3. The number of anilines is 1. The summed E-state index contributed by atoms with van der Waals surface area (Å²) in [6, 6.07) is 1.27. The molecule has 0 aromatic carbocycles. The highest BCUT2D eigenvalue weighted by atomic mass is 35.5. The van der Waals surface area contributed by atoms with E-state index in [0.29, 0.717) is 25.3 Å². The first-order chi connectivity index (χ1) is 7.95. The Balaban J connectivity index is 2.17. The van der Waals surface area contributed by atoms with E-state index in [4.69, 9.17) is 11.6 Å². The van der Waals surface area contributed by atoms with Crippen LogP contribution in [0.2, 0.25) is 5.02 Å². The molecule has 0 saturated carbocycles. The third kappa shape index (κ3) is 2.18. The molecule has 0 unspecified atom stereocenters. The zero-order valence-corrected chi connectivity index (χ0v) is 10.0. The molecule has 1 aromatic heterocycles. The van der Waals surface area contributed by atoms with Crippen molar-refractivity contribution in [3.05, 3.63) is 27.4 Å². The van der Waals surface area contributed by atoms with Crippen LogP contribution < -0.4 is 4.90 Å². The summed E-state index contributed by atoms with van der Waals surface area (Å²) >= 11 is 5.93. The van der Waals surface area contributed by atoms with Crippen LogP contribution >= 0.6 is 11.6 Å². The molecule has 0 atom stereocenters. The zero-order chi connectivity index (χ0) is 12.6. The summed E-state index contributed by atoms with van der Waals surface area (Å²) < 4.78 is 0. The lowest BCUT2D eigenvalue weighted by Crippen LogP contribution is -2.61. The van der Waals surface area contributed by atoms with Crippen molar-refractivity contribution in [3.63, 3.8) is 0 Å². The summed E-state index contributed by atoms with van der Waals surface area (Å²) in [5, 5.41) is 20.6. The number of nitrogens with zero attached hydrogens (tertiary/aromatic N) is 3. The van der Waals surface area contributed by atoms with Crippen LogP contribution in [0.1, 0.15) is 13.3 Å². The number of hydrogen-bond donors (Lipinski definition) is 1. The minimum Gasteiger partial charge on any atom is -0.386 e. The number of aromatic nitrogens is 1. The Bertz CT molecular complexity index is 460. The van der Waals surface area contributed by atoms with Crippen LogP contribution in [0, 0.1) is 10.1 Å². The highest BCUT2D eigenvalue weighted by molar-refractivity contribution is 6.33. The Kier molecular flexibility index (Phi) is 2.92. The number of nitro groups is 1. The predicted octanol–water partition coefficient (Wildman–Crippen LogP) is 1.60. The second-order valence-electron chi connectivity index (χ2n) is 4.19. The molecule has 1 aliphatic rings. The van der Waals surface area contributed by atoms with Gasteiger partial charge in [0.25, 0.3) is 5.69 Å². The molecule has 17 heavy (non-hydrogen) atoms. The van der Waals surface area contributed by atoms with Crippen LogP contribution in [-0.2, 0) is 0 Å². The smallest absolute Gasteiger partial charge is 0.289 e. The zero-order valence-electron chi connectivity index (χ0n) is 9.26. The molecule has 0 bridgehead atoms.